The van der Waals surface area contributed by atoms with Crippen LogP contribution in [0.3, 0.4) is 0 Å². The van der Waals surface area contributed by atoms with Gasteiger partial charge in [-0.3, -0.25) is 4.79 Å². The Bertz CT molecular complexity index is 549. The number of carbonyl (C=O) groups excluding carboxylic acids is 1. The molecule has 2 rings (SSSR count). The van der Waals surface area contributed by atoms with Crippen LogP contribution < -0.4 is 10.1 Å². The van der Waals surface area contributed by atoms with Crippen LogP contribution >= 0.6 is 0 Å². The van der Waals surface area contributed by atoms with E-state index in [0.29, 0.717) is 12.3 Å². The summed E-state index contributed by atoms with van der Waals surface area (Å²) in [5.74, 6) is 0.600. The van der Waals surface area contributed by atoms with E-state index in [1.165, 1.54) is 0 Å². The van der Waals surface area contributed by atoms with E-state index >= 15 is 0 Å². The second-order valence-electron chi connectivity index (χ2n) is 4.55. The lowest BCUT2D eigenvalue weighted by Gasteiger charge is -2.14. The van der Waals surface area contributed by atoms with Crippen LogP contribution in [0.15, 0.2) is 54.6 Å². The normalized spacial score (nSPS) is 11.7. The maximum Gasteiger partial charge on any atom is 0.260 e. The van der Waals surface area contributed by atoms with Gasteiger partial charge in [0, 0.05) is 6.54 Å². The third-order valence-corrected chi connectivity index (χ3v) is 2.99. The minimum atomic E-state index is -0.488. The van der Waals surface area contributed by atoms with Crippen molar-refractivity contribution in [2.45, 2.75) is 20.0 Å². The first-order valence-electron chi connectivity index (χ1n) is 6.80. The predicted octanol–water partition coefficient (Wildman–Crippen LogP) is 3.26. The minimum absolute atomic E-state index is 0.0976. The maximum absolute atomic E-state index is 11.6. The van der Waals surface area contributed by atoms with E-state index in [1.807, 2.05) is 49.4 Å². The SMILES string of the molecule is CCNC(=O)[C@H](C)Oc1ccc(-c2ccccc2)cc1. The molecule has 1 atom stereocenters. The smallest absolute Gasteiger partial charge is 0.260 e. The van der Waals surface area contributed by atoms with Gasteiger partial charge < -0.3 is 10.1 Å². The van der Waals surface area contributed by atoms with Gasteiger partial charge in [0.05, 0.1) is 0 Å². The Balaban J connectivity index is 2.04. The summed E-state index contributed by atoms with van der Waals surface area (Å²) in [4.78, 5) is 11.6. The molecule has 0 aliphatic rings. The molecule has 2 aromatic rings. The topological polar surface area (TPSA) is 38.3 Å². The summed E-state index contributed by atoms with van der Waals surface area (Å²) in [5.41, 5.74) is 2.29. The number of rotatable bonds is 5. The number of hydrogen-bond donors (Lipinski definition) is 1. The van der Waals surface area contributed by atoms with Gasteiger partial charge in [-0.15, -0.1) is 0 Å². The van der Waals surface area contributed by atoms with Crippen LogP contribution in [0.4, 0.5) is 0 Å². The number of nitrogens with one attached hydrogen (secondary N) is 1. The highest BCUT2D eigenvalue weighted by Crippen LogP contribution is 2.22. The number of amides is 1. The van der Waals surface area contributed by atoms with Crippen molar-refractivity contribution in [3.63, 3.8) is 0 Å². The van der Waals surface area contributed by atoms with Crippen molar-refractivity contribution in [3.8, 4) is 16.9 Å². The van der Waals surface area contributed by atoms with E-state index in [1.54, 1.807) is 6.92 Å². The van der Waals surface area contributed by atoms with Crippen LogP contribution in [0, 0.1) is 0 Å². The first-order valence-corrected chi connectivity index (χ1v) is 6.80. The number of ether oxygens (including phenoxy) is 1. The average molecular weight is 269 g/mol. The molecular weight excluding hydrogens is 250 g/mol. The van der Waals surface area contributed by atoms with Crippen molar-refractivity contribution in [2.75, 3.05) is 6.54 Å². The molecule has 0 radical (unpaired) electrons. The molecule has 0 saturated heterocycles. The summed E-state index contributed by atoms with van der Waals surface area (Å²) >= 11 is 0. The zero-order valence-electron chi connectivity index (χ0n) is 11.8. The summed E-state index contributed by atoms with van der Waals surface area (Å²) in [6.07, 6.45) is -0.488. The van der Waals surface area contributed by atoms with E-state index in [9.17, 15) is 4.79 Å². The highest BCUT2D eigenvalue weighted by atomic mass is 16.5. The molecule has 0 unspecified atom stereocenters. The lowest BCUT2D eigenvalue weighted by molar-refractivity contribution is -0.127. The number of benzene rings is 2. The van der Waals surface area contributed by atoms with Crippen molar-refractivity contribution < 1.29 is 9.53 Å². The Morgan fingerprint density at radius 1 is 1.05 bits per heavy atom. The fourth-order valence-corrected chi connectivity index (χ4v) is 1.93. The second-order valence-corrected chi connectivity index (χ2v) is 4.55. The quantitative estimate of drug-likeness (QED) is 0.904. The largest absolute Gasteiger partial charge is 0.481 e. The molecule has 1 N–H and O–H groups in total. The lowest BCUT2D eigenvalue weighted by Crippen LogP contribution is -2.36. The van der Waals surface area contributed by atoms with Crippen LogP contribution in [0.2, 0.25) is 0 Å². The van der Waals surface area contributed by atoms with Crippen molar-refractivity contribution in [1.82, 2.24) is 5.32 Å². The fourth-order valence-electron chi connectivity index (χ4n) is 1.93. The van der Waals surface area contributed by atoms with E-state index in [4.69, 9.17) is 4.74 Å². The van der Waals surface area contributed by atoms with Crippen molar-refractivity contribution >= 4 is 5.91 Å². The minimum Gasteiger partial charge on any atom is -0.481 e. The average Bonchev–Trinajstić information content (AvgIpc) is 2.49. The van der Waals surface area contributed by atoms with Crippen molar-refractivity contribution in [1.29, 1.82) is 0 Å². The molecule has 0 aliphatic heterocycles. The third-order valence-electron chi connectivity index (χ3n) is 2.99. The first-order chi connectivity index (χ1) is 9.70. The molecule has 0 aromatic heterocycles. The zero-order valence-corrected chi connectivity index (χ0v) is 11.8. The van der Waals surface area contributed by atoms with Crippen molar-refractivity contribution in [2.24, 2.45) is 0 Å². The molecule has 0 bridgehead atoms. The van der Waals surface area contributed by atoms with Gasteiger partial charge in [-0.1, -0.05) is 42.5 Å². The predicted molar refractivity (Wildman–Crippen MR) is 80.7 cm³/mol. The highest BCUT2D eigenvalue weighted by Gasteiger charge is 2.13. The van der Waals surface area contributed by atoms with Gasteiger partial charge in [-0.2, -0.15) is 0 Å². The molecule has 3 heteroatoms. The number of likely N-dealkylation sites (N-methyl/N-ethyl adjacent to an activating group) is 1. The molecule has 3 nitrogen and oxygen atoms in total. The number of carbonyl (C=O) groups is 1. The molecule has 1 amide bonds. The van der Waals surface area contributed by atoms with Crippen LogP contribution in [0.1, 0.15) is 13.8 Å². The summed E-state index contributed by atoms with van der Waals surface area (Å²) in [6.45, 7) is 4.24. The van der Waals surface area contributed by atoms with Gasteiger partial charge in [0.25, 0.3) is 5.91 Å². The van der Waals surface area contributed by atoms with Gasteiger partial charge in [-0.05, 0) is 37.1 Å². The molecule has 0 heterocycles. The third kappa shape index (κ3) is 3.60. The summed E-state index contributed by atoms with van der Waals surface area (Å²) in [6, 6.07) is 17.9. The maximum atomic E-state index is 11.6. The summed E-state index contributed by atoms with van der Waals surface area (Å²) < 4.78 is 5.61. The van der Waals surface area contributed by atoms with Gasteiger partial charge >= 0.3 is 0 Å². The molecule has 0 fully saturated rings. The summed E-state index contributed by atoms with van der Waals surface area (Å²) in [5, 5.41) is 2.74. The van der Waals surface area contributed by atoms with Crippen LogP contribution in [-0.2, 0) is 4.79 Å². The highest BCUT2D eigenvalue weighted by molar-refractivity contribution is 5.80. The molecule has 2 aromatic carbocycles. The van der Waals surface area contributed by atoms with E-state index in [0.717, 1.165) is 11.1 Å². The molecule has 104 valence electrons. The van der Waals surface area contributed by atoms with E-state index in [2.05, 4.69) is 17.4 Å². The Morgan fingerprint density at radius 3 is 2.25 bits per heavy atom. The Morgan fingerprint density at radius 2 is 1.65 bits per heavy atom. The molecule has 0 saturated carbocycles. The van der Waals surface area contributed by atoms with Gasteiger partial charge in [0.1, 0.15) is 5.75 Å². The van der Waals surface area contributed by atoms with Gasteiger partial charge in [0.2, 0.25) is 0 Å². The fraction of sp³-hybridized carbons (Fsp3) is 0.235. The first kappa shape index (κ1) is 14.1. The summed E-state index contributed by atoms with van der Waals surface area (Å²) in [7, 11) is 0. The van der Waals surface area contributed by atoms with Crippen molar-refractivity contribution in [3.05, 3.63) is 54.6 Å². The standard InChI is InChI=1S/C17H19NO2/c1-3-18-17(19)13(2)20-16-11-9-15(10-12-16)14-7-5-4-6-8-14/h4-13H,3H2,1-2H3,(H,18,19)/t13-/m0/s1. The Kier molecular flexibility index (Phi) is 4.77. The van der Waals surface area contributed by atoms with E-state index < -0.39 is 6.10 Å². The second kappa shape index (κ2) is 6.75. The van der Waals surface area contributed by atoms with Gasteiger partial charge in [0.15, 0.2) is 6.10 Å². The zero-order chi connectivity index (χ0) is 14.4. The van der Waals surface area contributed by atoms with E-state index in [-0.39, 0.29) is 5.91 Å². The van der Waals surface area contributed by atoms with Gasteiger partial charge in [-0.25, -0.2) is 0 Å². The molecule has 0 aliphatic carbocycles. The van der Waals surface area contributed by atoms with Crippen LogP contribution in [0.5, 0.6) is 5.75 Å². The Labute approximate surface area is 119 Å². The molecular formula is C17H19NO2. The Hall–Kier alpha value is -2.29. The molecule has 20 heavy (non-hydrogen) atoms. The van der Waals surface area contributed by atoms with Crippen LogP contribution in [0.25, 0.3) is 11.1 Å². The lowest BCUT2D eigenvalue weighted by atomic mass is 10.1. The monoisotopic (exact) mass is 269 g/mol. The molecule has 0 spiro atoms. The number of hydrogen-bond acceptors (Lipinski definition) is 2. The van der Waals surface area contributed by atoms with Crippen LogP contribution in [-0.4, -0.2) is 18.6 Å².